The molecular weight excluding hydrogens is 228 g/mol. The van der Waals surface area contributed by atoms with E-state index in [9.17, 15) is 0 Å². The zero-order chi connectivity index (χ0) is 12.8. The number of aromatic nitrogens is 1. The van der Waals surface area contributed by atoms with Crippen molar-refractivity contribution in [1.82, 2.24) is 4.98 Å². The Bertz CT molecular complexity index is 497. The van der Waals surface area contributed by atoms with E-state index < -0.39 is 0 Å². The van der Waals surface area contributed by atoms with Crippen LogP contribution >= 0.6 is 0 Å². The number of nitrogens with one attached hydrogen (secondary N) is 1. The van der Waals surface area contributed by atoms with Crippen LogP contribution in [0.15, 0.2) is 42.6 Å². The van der Waals surface area contributed by atoms with Crippen molar-refractivity contribution < 1.29 is 9.84 Å². The van der Waals surface area contributed by atoms with Gasteiger partial charge in [-0.1, -0.05) is 12.1 Å². The topological polar surface area (TPSA) is 54.4 Å². The van der Waals surface area contributed by atoms with Crippen molar-refractivity contribution in [3.8, 4) is 11.5 Å². The summed E-state index contributed by atoms with van der Waals surface area (Å²) >= 11 is 0. The number of pyridine rings is 1. The first-order valence-corrected chi connectivity index (χ1v) is 5.83. The van der Waals surface area contributed by atoms with Crippen LogP contribution in [-0.2, 0) is 6.42 Å². The first-order chi connectivity index (χ1) is 8.81. The molecule has 94 valence electrons. The van der Waals surface area contributed by atoms with Crippen LogP contribution < -0.4 is 10.1 Å². The maximum absolute atomic E-state index is 8.84. The molecule has 0 atom stereocenters. The zero-order valence-corrected chi connectivity index (χ0v) is 10.3. The molecule has 0 fully saturated rings. The van der Waals surface area contributed by atoms with Gasteiger partial charge in [-0.05, 0) is 30.2 Å². The van der Waals surface area contributed by atoms with Crippen LogP contribution in [0.5, 0.6) is 11.5 Å². The van der Waals surface area contributed by atoms with E-state index in [1.54, 1.807) is 6.20 Å². The second kappa shape index (κ2) is 6.02. The maximum atomic E-state index is 8.84. The highest BCUT2D eigenvalue weighted by atomic mass is 16.5. The van der Waals surface area contributed by atoms with Gasteiger partial charge >= 0.3 is 0 Å². The number of aliphatic hydroxyl groups is 1. The quantitative estimate of drug-likeness (QED) is 0.848. The van der Waals surface area contributed by atoms with Gasteiger partial charge in [0, 0.05) is 25.9 Å². The number of anilines is 1. The van der Waals surface area contributed by atoms with Crippen molar-refractivity contribution in [3.05, 3.63) is 48.2 Å². The fourth-order valence-electron chi connectivity index (χ4n) is 1.60. The summed E-state index contributed by atoms with van der Waals surface area (Å²) in [6.07, 6.45) is 2.36. The van der Waals surface area contributed by atoms with Crippen LogP contribution in [0.2, 0.25) is 0 Å². The highest BCUT2D eigenvalue weighted by Gasteiger charge is 1.99. The summed E-state index contributed by atoms with van der Waals surface area (Å²) in [5.41, 5.74) is 1.09. The molecule has 0 saturated heterocycles. The molecular formula is C14H16N2O2. The summed E-state index contributed by atoms with van der Waals surface area (Å²) in [4.78, 5) is 4.12. The molecule has 0 aliphatic rings. The minimum Gasteiger partial charge on any atom is -0.457 e. The number of ether oxygens (including phenoxy) is 1. The number of rotatable bonds is 5. The molecule has 0 bridgehead atoms. The first-order valence-electron chi connectivity index (χ1n) is 5.83. The van der Waals surface area contributed by atoms with Crippen molar-refractivity contribution in [1.29, 1.82) is 0 Å². The lowest BCUT2D eigenvalue weighted by atomic mass is 10.1. The Kier molecular flexibility index (Phi) is 4.15. The summed E-state index contributed by atoms with van der Waals surface area (Å²) < 4.78 is 5.71. The molecule has 1 heterocycles. The average molecular weight is 244 g/mol. The minimum absolute atomic E-state index is 0.163. The Morgan fingerprint density at radius 2 is 1.94 bits per heavy atom. The lowest BCUT2D eigenvalue weighted by Crippen LogP contribution is -1.93. The van der Waals surface area contributed by atoms with E-state index in [0.29, 0.717) is 6.42 Å². The molecule has 18 heavy (non-hydrogen) atoms. The summed E-state index contributed by atoms with van der Waals surface area (Å²) in [5, 5.41) is 11.8. The van der Waals surface area contributed by atoms with Crippen molar-refractivity contribution in [3.63, 3.8) is 0 Å². The van der Waals surface area contributed by atoms with Crippen molar-refractivity contribution >= 4 is 5.82 Å². The first kappa shape index (κ1) is 12.4. The molecule has 0 saturated carbocycles. The van der Waals surface area contributed by atoms with Gasteiger partial charge in [-0.25, -0.2) is 4.98 Å². The van der Waals surface area contributed by atoms with E-state index in [-0.39, 0.29) is 6.61 Å². The smallest absolute Gasteiger partial charge is 0.132 e. The maximum Gasteiger partial charge on any atom is 0.132 e. The van der Waals surface area contributed by atoms with Crippen LogP contribution in [0.1, 0.15) is 5.56 Å². The molecule has 0 radical (unpaired) electrons. The van der Waals surface area contributed by atoms with Gasteiger partial charge in [0.2, 0.25) is 0 Å². The van der Waals surface area contributed by atoms with Gasteiger partial charge in [0.1, 0.15) is 17.3 Å². The van der Waals surface area contributed by atoms with Crippen molar-refractivity contribution in [2.45, 2.75) is 6.42 Å². The molecule has 4 nitrogen and oxygen atoms in total. The second-order valence-electron chi connectivity index (χ2n) is 3.85. The van der Waals surface area contributed by atoms with E-state index in [4.69, 9.17) is 9.84 Å². The summed E-state index contributed by atoms with van der Waals surface area (Å²) in [6, 6.07) is 11.3. The number of benzene rings is 1. The molecule has 1 aromatic heterocycles. The van der Waals surface area contributed by atoms with E-state index in [1.807, 2.05) is 43.4 Å². The van der Waals surface area contributed by atoms with E-state index in [0.717, 1.165) is 22.9 Å². The Hall–Kier alpha value is -2.07. The van der Waals surface area contributed by atoms with Gasteiger partial charge in [-0.2, -0.15) is 0 Å². The van der Waals surface area contributed by atoms with Crippen LogP contribution in [0, 0.1) is 0 Å². The Balaban J connectivity index is 2.08. The monoisotopic (exact) mass is 244 g/mol. The predicted octanol–water partition coefficient (Wildman–Crippen LogP) is 2.45. The van der Waals surface area contributed by atoms with Gasteiger partial charge in [-0.15, -0.1) is 0 Å². The normalized spacial score (nSPS) is 10.1. The van der Waals surface area contributed by atoms with Gasteiger partial charge in [-0.3, -0.25) is 0 Å². The number of hydrogen-bond acceptors (Lipinski definition) is 4. The predicted molar refractivity (Wildman–Crippen MR) is 71.1 cm³/mol. The zero-order valence-electron chi connectivity index (χ0n) is 10.3. The third-order valence-corrected chi connectivity index (χ3v) is 2.55. The van der Waals surface area contributed by atoms with Gasteiger partial charge < -0.3 is 15.2 Å². The SMILES string of the molecule is CNc1cc(Oc2ccc(CCO)cc2)ccn1. The molecule has 0 aliphatic heterocycles. The van der Waals surface area contributed by atoms with Crippen LogP contribution in [0.4, 0.5) is 5.82 Å². The van der Waals surface area contributed by atoms with Crippen LogP contribution in [-0.4, -0.2) is 23.7 Å². The summed E-state index contributed by atoms with van der Waals surface area (Å²) in [5.74, 6) is 2.28. The van der Waals surface area contributed by atoms with Crippen molar-refractivity contribution in [2.75, 3.05) is 19.0 Å². The molecule has 1 aromatic carbocycles. The molecule has 0 unspecified atom stereocenters. The highest BCUT2D eigenvalue weighted by Crippen LogP contribution is 2.23. The van der Waals surface area contributed by atoms with Gasteiger partial charge in [0.05, 0.1) is 0 Å². The Labute approximate surface area is 106 Å². The largest absolute Gasteiger partial charge is 0.457 e. The average Bonchev–Trinajstić information content (AvgIpc) is 2.42. The lowest BCUT2D eigenvalue weighted by Gasteiger charge is -2.07. The Morgan fingerprint density at radius 1 is 1.17 bits per heavy atom. The number of aliphatic hydroxyl groups excluding tert-OH is 1. The van der Waals surface area contributed by atoms with Gasteiger partial charge in [0.25, 0.3) is 0 Å². The third kappa shape index (κ3) is 3.21. The van der Waals surface area contributed by atoms with Crippen molar-refractivity contribution in [2.24, 2.45) is 0 Å². The Morgan fingerprint density at radius 3 is 2.61 bits per heavy atom. The van der Waals surface area contributed by atoms with E-state index in [1.165, 1.54) is 0 Å². The van der Waals surface area contributed by atoms with E-state index in [2.05, 4.69) is 10.3 Å². The molecule has 2 aromatic rings. The van der Waals surface area contributed by atoms with Gasteiger partial charge in [0.15, 0.2) is 0 Å². The minimum atomic E-state index is 0.163. The van der Waals surface area contributed by atoms with Crippen LogP contribution in [0.25, 0.3) is 0 Å². The molecule has 0 amide bonds. The lowest BCUT2D eigenvalue weighted by molar-refractivity contribution is 0.299. The standard InChI is InChI=1S/C14H16N2O2/c1-15-14-10-13(6-8-16-14)18-12-4-2-11(3-5-12)7-9-17/h2-6,8,10,17H,7,9H2,1H3,(H,15,16). The molecule has 4 heteroatoms. The van der Waals surface area contributed by atoms with E-state index >= 15 is 0 Å². The molecule has 0 spiro atoms. The summed E-state index contributed by atoms with van der Waals surface area (Å²) in [6.45, 7) is 0.163. The molecule has 2 N–H and O–H groups in total. The fourth-order valence-corrected chi connectivity index (χ4v) is 1.60. The number of nitrogens with zero attached hydrogens (tertiary/aromatic N) is 1. The molecule has 0 aliphatic carbocycles. The third-order valence-electron chi connectivity index (χ3n) is 2.55. The van der Waals surface area contributed by atoms with Crippen LogP contribution in [0.3, 0.4) is 0 Å². The highest BCUT2D eigenvalue weighted by molar-refractivity contribution is 5.42. The second-order valence-corrected chi connectivity index (χ2v) is 3.85. The number of hydrogen-bond donors (Lipinski definition) is 2. The fraction of sp³-hybridized carbons (Fsp3) is 0.214. The molecule has 2 rings (SSSR count). The summed E-state index contributed by atoms with van der Waals surface area (Å²) in [7, 11) is 1.82.